The molecule has 0 atom stereocenters. The highest BCUT2D eigenvalue weighted by molar-refractivity contribution is 6.38. The van der Waals surface area contributed by atoms with Crippen LogP contribution in [0.4, 0.5) is 11.6 Å². The number of esters is 2. The van der Waals surface area contributed by atoms with Crippen molar-refractivity contribution in [1.82, 2.24) is 4.98 Å². The summed E-state index contributed by atoms with van der Waals surface area (Å²) in [5, 5.41) is 4.33. The molecule has 0 aliphatic rings. The standard InChI is InChI=1S/C11H10ClN3O6/c1-20-10(18)8(16)14-6-3-5(12)4-7(13-6)15-9(17)11(19)21-2/h3-4H,1-2H3,(H2,13,14,15,16,17). The minimum absolute atomic E-state index is 0.102. The lowest BCUT2D eigenvalue weighted by Crippen LogP contribution is -2.26. The van der Waals surface area contributed by atoms with Gasteiger partial charge in [0.2, 0.25) is 0 Å². The van der Waals surface area contributed by atoms with E-state index >= 15 is 0 Å². The topological polar surface area (TPSA) is 124 Å². The molecule has 21 heavy (non-hydrogen) atoms. The Bertz CT molecular complexity index is 555. The third-order valence-corrected chi connectivity index (χ3v) is 2.23. The lowest BCUT2D eigenvalue weighted by atomic mass is 10.4. The Labute approximate surface area is 123 Å². The number of rotatable bonds is 2. The van der Waals surface area contributed by atoms with Crippen LogP contribution in [0.15, 0.2) is 12.1 Å². The van der Waals surface area contributed by atoms with Crippen molar-refractivity contribution in [3.63, 3.8) is 0 Å². The number of nitrogens with zero attached hydrogens (tertiary/aromatic N) is 1. The van der Waals surface area contributed by atoms with E-state index in [0.29, 0.717) is 0 Å². The lowest BCUT2D eigenvalue weighted by Gasteiger charge is -2.07. The third kappa shape index (κ3) is 4.73. The van der Waals surface area contributed by atoms with Gasteiger partial charge in [-0.1, -0.05) is 11.6 Å². The number of halogens is 1. The Balaban J connectivity index is 2.90. The number of nitrogens with one attached hydrogen (secondary N) is 2. The maximum atomic E-state index is 11.3. The van der Waals surface area contributed by atoms with Crippen LogP contribution in [-0.2, 0) is 28.7 Å². The molecule has 10 heteroatoms. The summed E-state index contributed by atoms with van der Waals surface area (Å²) in [6.45, 7) is 0. The molecule has 2 amide bonds. The summed E-state index contributed by atoms with van der Waals surface area (Å²) >= 11 is 5.77. The van der Waals surface area contributed by atoms with E-state index in [4.69, 9.17) is 11.6 Å². The Kier molecular flexibility index (Phi) is 5.61. The number of carbonyl (C=O) groups excluding carboxylic acids is 4. The number of ether oxygens (including phenoxy) is 2. The summed E-state index contributed by atoms with van der Waals surface area (Å²) in [6.07, 6.45) is 0. The zero-order valence-electron chi connectivity index (χ0n) is 10.9. The van der Waals surface area contributed by atoms with Crippen LogP contribution in [0, 0.1) is 0 Å². The molecule has 0 unspecified atom stereocenters. The van der Waals surface area contributed by atoms with Crippen LogP contribution in [0.1, 0.15) is 0 Å². The molecule has 0 saturated heterocycles. The van der Waals surface area contributed by atoms with Crippen molar-refractivity contribution in [2.24, 2.45) is 0 Å². The maximum absolute atomic E-state index is 11.3. The summed E-state index contributed by atoms with van der Waals surface area (Å²) < 4.78 is 8.43. The Morgan fingerprint density at radius 3 is 1.67 bits per heavy atom. The Morgan fingerprint density at radius 2 is 1.33 bits per heavy atom. The van der Waals surface area contributed by atoms with Gasteiger partial charge >= 0.3 is 23.8 Å². The first kappa shape index (κ1) is 16.4. The van der Waals surface area contributed by atoms with Gasteiger partial charge in [0, 0.05) is 5.02 Å². The summed E-state index contributed by atoms with van der Waals surface area (Å²) in [5.74, 6) is -4.63. The van der Waals surface area contributed by atoms with Crippen LogP contribution in [0.3, 0.4) is 0 Å². The number of hydrogen-bond acceptors (Lipinski definition) is 7. The summed E-state index contributed by atoms with van der Waals surface area (Å²) in [5.41, 5.74) is 0. The maximum Gasteiger partial charge on any atom is 0.396 e. The van der Waals surface area contributed by atoms with E-state index in [1.165, 1.54) is 12.1 Å². The highest BCUT2D eigenvalue weighted by Gasteiger charge is 2.17. The van der Waals surface area contributed by atoms with Gasteiger partial charge in [-0.05, 0) is 12.1 Å². The van der Waals surface area contributed by atoms with Gasteiger partial charge in [-0.25, -0.2) is 14.6 Å². The van der Waals surface area contributed by atoms with Crippen molar-refractivity contribution in [3.8, 4) is 0 Å². The molecule has 1 heterocycles. The molecule has 1 aromatic heterocycles. The minimum atomic E-state index is -1.13. The molecule has 0 saturated carbocycles. The Morgan fingerprint density at radius 1 is 0.952 bits per heavy atom. The van der Waals surface area contributed by atoms with Crippen molar-refractivity contribution >= 4 is 47.0 Å². The van der Waals surface area contributed by atoms with E-state index in [1.807, 2.05) is 0 Å². The number of methoxy groups -OCH3 is 2. The van der Waals surface area contributed by atoms with Crippen molar-refractivity contribution in [2.75, 3.05) is 24.9 Å². The van der Waals surface area contributed by atoms with Crippen molar-refractivity contribution < 1.29 is 28.7 Å². The molecule has 1 rings (SSSR count). The van der Waals surface area contributed by atoms with Gasteiger partial charge in [-0.15, -0.1) is 0 Å². The van der Waals surface area contributed by atoms with Crippen molar-refractivity contribution in [2.45, 2.75) is 0 Å². The van der Waals surface area contributed by atoms with Crippen LogP contribution in [0.25, 0.3) is 0 Å². The van der Waals surface area contributed by atoms with Gasteiger partial charge < -0.3 is 20.1 Å². The number of amides is 2. The van der Waals surface area contributed by atoms with Crippen LogP contribution < -0.4 is 10.6 Å². The van der Waals surface area contributed by atoms with Crippen LogP contribution in [-0.4, -0.2) is 43.0 Å². The molecule has 0 aromatic carbocycles. The second kappa shape index (κ2) is 7.20. The van der Waals surface area contributed by atoms with E-state index in [2.05, 4.69) is 25.1 Å². The predicted octanol–water partition coefficient (Wildman–Crippen LogP) is -0.0420. The SMILES string of the molecule is COC(=O)C(=O)Nc1cc(Cl)cc(NC(=O)C(=O)OC)n1. The molecule has 2 N–H and O–H groups in total. The van der Waals surface area contributed by atoms with E-state index in [-0.39, 0.29) is 16.7 Å². The molecule has 9 nitrogen and oxygen atoms in total. The molecule has 0 bridgehead atoms. The van der Waals surface area contributed by atoms with E-state index in [0.717, 1.165) is 14.2 Å². The third-order valence-electron chi connectivity index (χ3n) is 2.01. The van der Waals surface area contributed by atoms with Crippen molar-refractivity contribution in [1.29, 1.82) is 0 Å². The molecular weight excluding hydrogens is 306 g/mol. The second-order valence-corrected chi connectivity index (χ2v) is 3.88. The van der Waals surface area contributed by atoms with Crippen LogP contribution in [0.5, 0.6) is 0 Å². The Hall–Kier alpha value is -2.68. The number of pyridine rings is 1. The van der Waals surface area contributed by atoms with Crippen molar-refractivity contribution in [3.05, 3.63) is 17.2 Å². The fourth-order valence-electron chi connectivity index (χ4n) is 1.15. The van der Waals surface area contributed by atoms with Gasteiger partial charge in [-0.2, -0.15) is 0 Å². The first-order valence-corrected chi connectivity index (χ1v) is 5.71. The summed E-state index contributed by atoms with van der Waals surface area (Å²) in [6, 6.07) is 2.46. The first-order chi connectivity index (χ1) is 9.87. The average Bonchev–Trinajstić information content (AvgIpc) is 2.44. The monoisotopic (exact) mass is 315 g/mol. The molecule has 0 aliphatic carbocycles. The van der Waals surface area contributed by atoms with Gasteiger partial charge in [-0.3, -0.25) is 9.59 Å². The van der Waals surface area contributed by atoms with E-state index in [9.17, 15) is 19.2 Å². The smallest absolute Gasteiger partial charge is 0.396 e. The quantitative estimate of drug-likeness (QED) is 0.579. The van der Waals surface area contributed by atoms with Gasteiger partial charge in [0.15, 0.2) is 0 Å². The number of anilines is 2. The lowest BCUT2D eigenvalue weighted by molar-refractivity contribution is -0.150. The van der Waals surface area contributed by atoms with Gasteiger partial charge in [0.1, 0.15) is 11.6 Å². The predicted molar refractivity (Wildman–Crippen MR) is 70.5 cm³/mol. The fraction of sp³-hybridized carbons (Fsp3) is 0.182. The highest BCUT2D eigenvalue weighted by Crippen LogP contribution is 2.18. The molecule has 112 valence electrons. The second-order valence-electron chi connectivity index (χ2n) is 3.45. The molecular formula is C11H10ClN3O6. The van der Waals surface area contributed by atoms with Crippen LogP contribution in [0.2, 0.25) is 5.02 Å². The number of carbonyl (C=O) groups is 4. The molecule has 0 spiro atoms. The first-order valence-electron chi connectivity index (χ1n) is 5.33. The minimum Gasteiger partial charge on any atom is -0.462 e. The van der Waals surface area contributed by atoms with Gasteiger partial charge in [0.05, 0.1) is 14.2 Å². The van der Waals surface area contributed by atoms with E-state index in [1.54, 1.807) is 0 Å². The molecule has 0 fully saturated rings. The van der Waals surface area contributed by atoms with Gasteiger partial charge in [0.25, 0.3) is 0 Å². The number of hydrogen-bond donors (Lipinski definition) is 2. The highest BCUT2D eigenvalue weighted by atomic mass is 35.5. The van der Waals surface area contributed by atoms with Crippen LogP contribution >= 0.6 is 11.6 Å². The zero-order valence-corrected chi connectivity index (χ0v) is 11.7. The fourth-order valence-corrected chi connectivity index (χ4v) is 1.35. The molecule has 0 aliphatic heterocycles. The zero-order chi connectivity index (χ0) is 16.0. The summed E-state index contributed by atoms with van der Waals surface area (Å²) in [7, 11) is 2.07. The average molecular weight is 316 g/mol. The van der Waals surface area contributed by atoms with E-state index < -0.39 is 23.8 Å². The number of aromatic nitrogens is 1. The normalized spacial score (nSPS) is 9.48. The summed E-state index contributed by atoms with van der Waals surface area (Å²) in [4.78, 5) is 48.3. The molecule has 1 aromatic rings. The largest absolute Gasteiger partial charge is 0.462 e. The molecule has 0 radical (unpaired) electrons.